The van der Waals surface area contributed by atoms with Crippen LogP contribution in [0.3, 0.4) is 0 Å². The van der Waals surface area contributed by atoms with Crippen LogP contribution < -0.4 is 9.47 Å². The van der Waals surface area contributed by atoms with Gasteiger partial charge >= 0.3 is 0 Å². The molecule has 1 unspecified atom stereocenters. The minimum absolute atomic E-state index is 0.000627. The summed E-state index contributed by atoms with van der Waals surface area (Å²) in [6.45, 7) is 1.87. The van der Waals surface area contributed by atoms with Crippen LogP contribution in [0.2, 0.25) is 0 Å². The van der Waals surface area contributed by atoms with E-state index in [1.807, 2.05) is 0 Å². The number of carbonyl (C=O) groups is 2. The summed E-state index contributed by atoms with van der Waals surface area (Å²) in [7, 11) is 3.07. The normalized spacial score (nSPS) is 17.6. The van der Waals surface area contributed by atoms with Crippen molar-refractivity contribution >= 4 is 17.4 Å². The van der Waals surface area contributed by atoms with E-state index in [9.17, 15) is 14.7 Å². The zero-order valence-electron chi connectivity index (χ0n) is 18.0. The number of furan rings is 1. The van der Waals surface area contributed by atoms with Gasteiger partial charge in [0.2, 0.25) is 0 Å². The molecule has 4 rings (SSSR count). The van der Waals surface area contributed by atoms with E-state index >= 15 is 0 Å². The van der Waals surface area contributed by atoms with E-state index in [2.05, 4.69) is 0 Å². The number of methoxy groups -OCH3 is 2. The SMILES string of the molecule is COc1ccc(/C(O)=C2\C(=O)C(=O)N(Cc3ccco3)C2c2ccccc2OC)c(C)c1. The van der Waals surface area contributed by atoms with Gasteiger partial charge in [0.15, 0.2) is 0 Å². The van der Waals surface area contributed by atoms with Crippen molar-refractivity contribution in [2.75, 3.05) is 14.2 Å². The van der Waals surface area contributed by atoms with Crippen molar-refractivity contribution in [3.05, 3.63) is 88.9 Å². The number of hydrogen-bond donors (Lipinski definition) is 1. The van der Waals surface area contributed by atoms with E-state index in [0.717, 1.165) is 0 Å². The van der Waals surface area contributed by atoms with Crippen LogP contribution in [0.25, 0.3) is 5.76 Å². The predicted octanol–water partition coefficient (Wildman–Crippen LogP) is 4.23. The zero-order chi connectivity index (χ0) is 22.8. The summed E-state index contributed by atoms with van der Waals surface area (Å²) >= 11 is 0. The third-order valence-corrected chi connectivity index (χ3v) is 5.57. The van der Waals surface area contributed by atoms with Crippen molar-refractivity contribution in [1.29, 1.82) is 0 Å². The molecule has 0 saturated carbocycles. The highest BCUT2D eigenvalue weighted by atomic mass is 16.5. The number of hydrogen-bond acceptors (Lipinski definition) is 6. The second-order valence-electron chi connectivity index (χ2n) is 7.43. The topological polar surface area (TPSA) is 89.2 Å². The molecular weight excluding hydrogens is 410 g/mol. The first-order chi connectivity index (χ1) is 15.5. The average Bonchev–Trinajstić information content (AvgIpc) is 3.41. The van der Waals surface area contributed by atoms with Crippen LogP contribution in [0.15, 0.2) is 70.9 Å². The largest absolute Gasteiger partial charge is 0.507 e. The van der Waals surface area contributed by atoms with Crippen molar-refractivity contribution in [2.45, 2.75) is 19.5 Å². The molecule has 1 aliphatic rings. The van der Waals surface area contributed by atoms with Gasteiger partial charge in [-0.05, 0) is 48.9 Å². The maximum Gasteiger partial charge on any atom is 0.296 e. The van der Waals surface area contributed by atoms with E-state index in [1.54, 1.807) is 68.6 Å². The fourth-order valence-electron chi connectivity index (χ4n) is 4.00. The lowest BCUT2D eigenvalue weighted by Gasteiger charge is -2.26. The summed E-state index contributed by atoms with van der Waals surface area (Å²) in [6.07, 6.45) is 1.50. The molecule has 164 valence electrons. The van der Waals surface area contributed by atoms with Crippen LogP contribution in [-0.4, -0.2) is 35.9 Å². The lowest BCUT2D eigenvalue weighted by Crippen LogP contribution is -2.29. The molecule has 0 radical (unpaired) electrons. The Labute approximate surface area is 185 Å². The molecule has 1 amide bonds. The van der Waals surface area contributed by atoms with E-state index in [0.29, 0.717) is 33.9 Å². The van der Waals surface area contributed by atoms with Crippen LogP contribution in [0.5, 0.6) is 11.5 Å². The van der Waals surface area contributed by atoms with Crippen molar-refractivity contribution < 1.29 is 28.6 Å². The van der Waals surface area contributed by atoms with Gasteiger partial charge in [-0.1, -0.05) is 18.2 Å². The second-order valence-corrected chi connectivity index (χ2v) is 7.43. The van der Waals surface area contributed by atoms with Crippen molar-refractivity contribution in [1.82, 2.24) is 4.90 Å². The van der Waals surface area contributed by atoms with Gasteiger partial charge in [0.1, 0.15) is 23.0 Å². The summed E-state index contributed by atoms with van der Waals surface area (Å²) in [6, 6.07) is 14.8. The van der Waals surface area contributed by atoms with Gasteiger partial charge < -0.3 is 23.9 Å². The van der Waals surface area contributed by atoms with E-state index in [4.69, 9.17) is 13.9 Å². The molecule has 7 nitrogen and oxygen atoms in total. The fourth-order valence-corrected chi connectivity index (χ4v) is 4.00. The number of benzene rings is 2. The van der Waals surface area contributed by atoms with Crippen LogP contribution in [0, 0.1) is 6.92 Å². The quantitative estimate of drug-likeness (QED) is 0.356. The number of aliphatic hydroxyl groups excluding tert-OH is 1. The highest BCUT2D eigenvalue weighted by Gasteiger charge is 2.47. The van der Waals surface area contributed by atoms with Gasteiger partial charge in [-0.15, -0.1) is 0 Å². The summed E-state index contributed by atoms with van der Waals surface area (Å²) in [4.78, 5) is 27.6. The number of Topliss-reactive ketones (excluding diaryl/α,β-unsaturated/α-hetero) is 1. The first-order valence-corrected chi connectivity index (χ1v) is 10.0. The number of rotatable bonds is 6. The average molecular weight is 433 g/mol. The zero-order valence-corrected chi connectivity index (χ0v) is 18.0. The van der Waals surface area contributed by atoms with Crippen LogP contribution >= 0.6 is 0 Å². The lowest BCUT2D eigenvalue weighted by atomic mass is 9.93. The summed E-state index contributed by atoms with van der Waals surface area (Å²) in [5.74, 6) is -0.0845. The third kappa shape index (κ3) is 3.62. The molecule has 2 heterocycles. The Hall–Kier alpha value is -4.00. The van der Waals surface area contributed by atoms with E-state index in [-0.39, 0.29) is 17.9 Å². The molecular formula is C25H23NO6. The molecule has 0 bridgehead atoms. The molecule has 1 aliphatic heterocycles. The molecule has 1 aromatic heterocycles. The van der Waals surface area contributed by atoms with Gasteiger partial charge in [0.25, 0.3) is 11.7 Å². The van der Waals surface area contributed by atoms with E-state index in [1.165, 1.54) is 18.3 Å². The number of aliphatic hydroxyl groups is 1. The number of likely N-dealkylation sites (tertiary alicyclic amines) is 1. The molecule has 0 aliphatic carbocycles. The minimum Gasteiger partial charge on any atom is -0.507 e. The van der Waals surface area contributed by atoms with Crippen molar-refractivity contribution in [3.8, 4) is 11.5 Å². The highest BCUT2D eigenvalue weighted by Crippen LogP contribution is 2.43. The molecule has 1 N–H and O–H groups in total. The van der Waals surface area contributed by atoms with Gasteiger partial charge in [-0.2, -0.15) is 0 Å². The Balaban J connectivity index is 1.92. The Morgan fingerprint density at radius 1 is 1.06 bits per heavy atom. The minimum atomic E-state index is -0.849. The number of ketones is 1. The lowest BCUT2D eigenvalue weighted by molar-refractivity contribution is -0.140. The van der Waals surface area contributed by atoms with E-state index < -0.39 is 17.7 Å². The smallest absolute Gasteiger partial charge is 0.296 e. The molecule has 3 aromatic rings. The predicted molar refractivity (Wildman–Crippen MR) is 117 cm³/mol. The molecule has 2 aromatic carbocycles. The van der Waals surface area contributed by atoms with Crippen molar-refractivity contribution in [2.24, 2.45) is 0 Å². The molecule has 1 atom stereocenters. The maximum absolute atomic E-state index is 13.2. The number of nitrogens with zero attached hydrogens (tertiary/aromatic N) is 1. The van der Waals surface area contributed by atoms with Crippen LogP contribution in [-0.2, 0) is 16.1 Å². The highest BCUT2D eigenvalue weighted by molar-refractivity contribution is 6.46. The Kier molecular flexibility index (Phi) is 5.73. The van der Waals surface area contributed by atoms with Crippen molar-refractivity contribution in [3.63, 3.8) is 0 Å². The van der Waals surface area contributed by atoms with Crippen LogP contribution in [0.1, 0.15) is 28.5 Å². The summed E-state index contributed by atoms with van der Waals surface area (Å²) in [5, 5.41) is 11.3. The molecule has 0 spiro atoms. The first kappa shape index (κ1) is 21.2. The Bertz CT molecular complexity index is 1190. The molecule has 1 fully saturated rings. The number of para-hydroxylation sites is 1. The second kappa shape index (κ2) is 8.63. The fraction of sp³-hybridized carbons (Fsp3) is 0.200. The number of carbonyl (C=O) groups excluding carboxylic acids is 2. The molecule has 1 saturated heterocycles. The Morgan fingerprint density at radius 2 is 1.84 bits per heavy atom. The Morgan fingerprint density at radius 3 is 2.50 bits per heavy atom. The first-order valence-electron chi connectivity index (χ1n) is 10.0. The molecule has 7 heteroatoms. The maximum atomic E-state index is 13.2. The van der Waals surface area contributed by atoms with Gasteiger partial charge in [-0.25, -0.2) is 0 Å². The number of ether oxygens (including phenoxy) is 2. The monoisotopic (exact) mass is 433 g/mol. The third-order valence-electron chi connectivity index (χ3n) is 5.57. The van der Waals surface area contributed by atoms with Gasteiger partial charge in [0, 0.05) is 11.1 Å². The number of amides is 1. The summed E-state index contributed by atoms with van der Waals surface area (Å²) in [5.41, 5.74) is 1.74. The van der Waals surface area contributed by atoms with Crippen LogP contribution in [0.4, 0.5) is 0 Å². The summed E-state index contributed by atoms with van der Waals surface area (Å²) < 4.78 is 16.2. The van der Waals surface area contributed by atoms with Gasteiger partial charge in [0.05, 0.1) is 38.6 Å². The number of aryl methyl sites for hydroxylation is 1. The molecule has 32 heavy (non-hydrogen) atoms. The standard InChI is InChI=1S/C25H23NO6/c1-15-13-16(30-2)10-11-18(15)23(27)21-22(19-8-4-5-9-20(19)31-3)26(25(29)24(21)28)14-17-7-6-12-32-17/h4-13,22,27H,14H2,1-3H3/b23-21+. The van der Waals surface area contributed by atoms with Gasteiger partial charge in [-0.3, -0.25) is 9.59 Å².